The summed E-state index contributed by atoms with van der Waals surface area (Å²) in [6.07, 6.45) is 3.92. The van der Waals surface area contributed by atoms with Crippen LogP contribution in [0.4, 0.5) is 5.69 Å². The van der Waals surface area contributed by atoms with Crippen LogP contribution >= 0.6 is 0 Å². The SMILES string of the molecule is O=C(CCc1ccccc1)NCCn1ncc2c(=O)n(Cc3cccc([N+](=O)[O-])c3)cnc21. The van der Waals surface area contributed by atoms with Gasteiger partial charge in [-0.3, -0.25) is 24.3 Å². The van der Waals surface area contributed by atoms with E-state index in [1.54, 1.807) is 16.8 Å². The highest BCUT2D eigenvalue weighted by atomic mass is 16.6. The molecule has 0 saturated carbocycles. The predicted octanol–water partition coefficient (Wildman–Crippen LogP) is 2.30. The predicted molar refractivity (Wildman–Crippen MR) is 122 cm³/mol. The molecule has 168 valence electrons. The van der Waals surface area contributed by atoms with Crippen molar-refractivity contribution in [3.8, 4) is 0 Å². The van der Waals surface area contributed by atoms with Crippen molar-refractivity contribution in [3.63, 3.8) is 0 Å². The van der Waals surface area contributed by atoms with Gasteiger partial charge in [0.2, 0.25) is 5.91 Å². The highest BCUT2D eigenvalue weighted by Gasteiger charge is 2.12. The summed E-state index contributed by atoms with van der Waals surface area (Å²) in [7, 11) is 0. The summed E-state index contributed by atoms with van der Waals surface area (Å²) in [4.78, 5) is 39.8. The molecule has 1 N–H and O–H groups in total. The zero-order valence-corrected chi connectivity index (χ0v) is 17.8. The van der Waals surface area contributed by atoms with Crippen molar-refractivity contribution >= 4 is 22.6 Å². The topological polar surface area (TPSA) is 125 Å². The van der Waals surface area contributed by atoms with Gasteiger partial charge >= 0.3 is 0 Å². The first-order valence-corrected chi connectivity index (χ1v) is 10.5. The second-order valence-corrected chi connectivity index (χ2v) is 7.55. The third-order valence-electron chi connectivity index (χ3n) is 5.23. The van der Waals surface area contributed by atoms with Crippen molar-refractivity contribution in [2.45, 2.75) is 25.9 Å². The molecule has 0 aliphatic heterocycles. The van der Waals surface area contributed by atoms with E-state index in [2.05, 4.69) is 15.4 Å². The number of hydrogen-bond donors (Lipinski definition) is 1. The third kappa shape index (κ3) is 5.29. The summed E-state index contributed by atoms with van der Waals surface area (Å²) in [5.74, 6) is -0.0532. The lowest BCUT2D eigenvalue weighted by atomic mass is 10.1. The number of nitrogens with one attached hydrogen (secondary N) is 1. The zero-order chi connectivity index (χ0) is 23.2. The van der Waals surface area contributed by atoms with Gasteiger partial charge in [-0.2, -0.15) is 5.10 Å². The van der Waals surface area contributed by atoms with Gasteiger partial charge in [-0.15, -0.1) is 0 Å². The standard InChI is InChI=1S/C23H22N6O4/c30-21(10-9-17-5-2-1-3-6-17)24-11-12-28-22-20(14-26-28)23(31)27(16-25-22)15-18-7-4-8-19(13-18)29(32)33/h1-8,13-14,16H,9-12,15H2,(H,24,30). The Bertz CT molecular complexity index is 1350. The molecule has 33 heavy (non-hydrogen) atoms. The molecule has 0 aliphatic rings. The summed E-state index contributed by atoms with van der Waals surface area (Å²) in [6.45, 7) is 0.900. The zero-order valence-electron chi connectivity index (χ0n) is 17.8. The second kappa shape index (κ2) is 9.86. The van der Waals surface area contributed by atoms with Crippen LogP contribution in [0.2, 0.25) is 0 Å². The van der Waals surface area contributed by atoms with E-state index in [0.29, 0.717) is 42.5 Å². The lowest BCUT2D eigenvalue weighted by molar-refractivity contribution is -0.384. The third-order valence-corrected chi connectivity index (χ3v) is 5.23. The summed E-state index contributed by atoms with van der Waals surface area (Å²) in [5.41, 5.74) is 1.83. The number of rotatable bonds is 9. The van der Waals surface area contributed by atoms with Crippen LogP contribution in [0, 0.1) is 10.1 Å². The first-order valence-electron chi connectivity index (χ1n) is 10.5. The van der Waals surface area contributed by atoms with Gasteiger partial charge in [0.05, 0.1) is 24.2 Å². The molecule has 2 heterocycles. The Morgan fingerprint density at radius 2 is 1.88 bits per heavy atom. The number of nitrogens with zero attached hydrogens (tertiary/aromatic N) is 5. The average Bonchev–Trinajstić information content (AvgIpc) is 3.24. The van der Waals surface area contributed by atoms with Crippen LogP contribution in [0.15, 0.2) is 71.9 Å². The minimum Gasteiger partial charge on any atom is -0.354 e. The van der Waals surface area contributed by atoms with Gasteiger partial charge in [-0.25, -0.2) is 9.67 Å². The van der Waals surface area contributed by atoms with Crippen LogP contribution < -0.4 is 10.9 Å². The van der Waals surface area contributed by atoms with Crippen LogP contribution in [0.3, 0.4) is 0 Å². The number of amides is 1. The smallest absolute Gasteiger partial charge is 0.269 e. The maximum atomic E-state index is 12.8. The number of nitro groups is 1. The van der Waals surface area contributed by atoms with E-state index in [0.717, 1.165) is 5.56 Å². The largest absolute Gasteiger partial charge is 0.354 e. The molecular weight excluding hydrogens is 424 g/mol. The quantitative estimate of drug-likeness (QED) is 0.311. The number of nitro benzene ring substituents is 1. The van der Waals surface area contributed by atoms with Gasteiger partial charge in [0.1, 0.15) is 11.7 Å². The molecule has 0 radical (unpaired) electrons. The average molecular weight is 446 g/mol. The van der Waals surface area contributed by atoms with E-state index in [1.807, 2.05) is 30.3 Å². The van der Waals surface area contributed by atoms with Crippen LogP contribution in [-0.2, 0) is 24.3 Å². The number of fused-ring (bicyclic) bond motifs is 1. The lowest BCUT2D eigenvalue weighted by Crippen LogP contribution is -2.28. The molecule has 10 nitrogen and oxygen atoms in total. The Labute approximate surface area is 188 Å². The monoisotopic (exact) mass is 446 g/mol. The van der Waals surface area contributed by atoms with Crippen molar-refractivity contribution in [1.29, 1.82) is 0 Å². The van der Waals surface area contributed by atoms with E-state index < -0.39 is 4.92 Å². The summed E-state index contributed by atoms with van der Waals surface area (Å²) >= 11 is 0. The number of benzene rings is 2. The fourth-order valence-corrected chi connectivity index (χ4v) is 3.53. The molecule has 0 atom stereocenters. The number of hydrogen-bond acceptors (Lipinski definition) is 6. The molecule has 0 fully saturated rings. The normalized spacial score (nSPS) is 10.9. The van der Waals surface area contributed by atoms with Crippen molar-refractivity contribution in [1.82, 2.24) is 24.6 Å². The Kier molecular flexibility index (Phi) is 6.53. The van der Waals surface area contributed by atoms with Crippen LogP contribution in [-0.4, -0.2) is 36.7 Å². The first-order chi connectivity index (χ1) is 16.0. The molecule has 0 bridgehead atoms. The summed E-state index contributed by atoms with van der Waals surface area (Å²) < 4.78 is 2.96. The first kappa shape index (κ1) is 21.9. The molecular formula is C23H22N6O4. The van der Waals surface area contributed by atoms with Crippen LogP contribution in [0.1, 0.15) is 17.5 Å². The lowest BCUT2D eigenvalue weighted by Gasteiger charge is -2.08. The number of carbonyl (C=O) groups is 1. The minimum atomic E-state index is -0.474. The second-order valence-electron chi connectivity index (χ2n) is 7.55. The van der Waals surface area contributed by atoms with Crippen molar-refractivity contribution in [3.05, 3.63) is 98.7 Å². The molecule has 4 aromatic rings. The van der Waals surface area contributed by atoms with Gasteiger partial charge in [0.15, 0.2) is 5.65 Å². The summed E-state index contributed by atoms with van der Waals surface area (Å²) in [5, 5.41) is 18.4. The number of carbonyl (C=O) groups excluding carboxylic acids is 1. The van der Waals surface area contributed by atoms with Crippen LogP contribution in [0.5, 0.6) is 0 Å². The molecule has 2 aromatic carbocycles. The Morgan fingerprint density at radius 1 is 1.09 bits per heavy atom. The van der Waals surface area contributed by atoms with Crippen LogP contribution in [0.25, 0.3) is 11.0 Å². The van der Waals surface area contributed by atoms with Gasteiger partial charge in [0, 0.05) is 25.1 Å². The van der Waals surface area contributed by atoms with E-state index in [4.69, 9.17) is 0 Å². The van der Waals surface area contributed by atoms with Crippen molar-refractivity contribution < 1.29 is 9.72 Å². The van der Waals surface area contributed by atoms with Gasteiger partial charge in [-0.05, 0) is 17.5 Å². The van der Waals surface area contributed by atoms with Crippen molar-refractivity contribution in [2.75, 3.05) is 6.54 Å². The molecule has 0 aliphatic carbocycles. The molecule has 2 aromatic heterocycles. The van der Waals surface area contributed by atoms with Gasteiger partial charge in [-0.1, -0.05) is 42.5 Å². The van der Waals surface area contributed by atoms with Gasteiger partial charge < -0.3 is 5.32 Å². The molecule has 0 spiro atoms. The molecule has 0 unspecified atom stereocenters. The van der Waals surface area contributed by atoms with E-state index >= 15 is 0 Å². The Hall–Kier alpha value is -4.34. The molecule has 10 heteroatoms. The summed E-state index contributed by atoms with van der Waals surface area (Å²) in [6, 6.07) is 15.9. The highest BCUT2D eigenvalue weighted by Crippen LogP contribution is 2.14. The molecule has 4 rings (SSSR count). The van der Waals surface area contributed by atoms with E-state index in [9.17, 15) is 19.7 Å². The Morgan fingerprint density at radius 3 is 2.67 bits per heavy atom. The fourth-order valence-electron chi connectivity index (χ4n) is 3.53. The van der Waals surface area contributed by atoms with Crippen molar-refractivity contribution in [2.24, 2.45) is 0 Å². The maximum Gasteiger partial charge on any atom is 0.269 e. The minimum absolute atomic E-state index is 0.0341. The number of aromatic nitrogens is 4. The highest BCUT2D eigenvalue weighted by molar-refractivity contribution is 5.76. The molecule has 0 saturated heterocycles. The fraction of sp³-hybridized carbons (Fsp3) is 0.217. The maximum absolute atomic E-state index is 12.8. The van der Waals surface area contributed by atoms with Gasteiger partial charge in [0.25, 0.3) is 11.2 Å². The number of non-ortho nitro benzene ring substituents is 1. The van der Waals surface area contributed by atoms with E-state index in [1.165, 1.54) is 29.2 Å². The molecule has 1 amide bonds. The Balaban J connectivity index is 1.37. The van der Waals surface area contributed by atoms with E-state index in [-0.39, 0.29) is 23.7 Å². The number of aryl methyl sites for hydroxylation is 1.